The van der Waals surface area contributed by atoms with Crippen molar-refractivity contribution in [2.45, 2.75) is 31.8 Å². The van der Waals surface area contributed by atoms with Crippen LogP contribution in [-0.2, 0) is 20.2 Å². The van der Waals surface area contributed by atoms with Crippen molar-refractivity contribution in [1.82, 2.24) is 0 Å². The van der Waals surface area contributed by atoms with E-state index in [-0.39, 0.29) is 6.61 Å². The van der Waals surface area contributed by atoms with Gasteiger partial charge in [-0.1, -0.05) is 6.92 Å². The van der Waals surface area contributed by atoms with Crippen LogP contribution in [0.2, 0.25) is 0 Å². The van der Waals surface area contributed by atoms with Crippen molar-refractivity contribution in [1.29, 1.82) is 0 Å². The van der Waals surface area contributed by atoms with Crippen molar-refractivity contribution in [3.8, 4) is 0 Å². The molecule has 0 bridgehead atoms. The van der Waals surface area contributed by atoms with Crippen LogP contribution in [0.15, 0.2) is 0 Å². The Morgan fingerprint density at radius 2 is 1.08 bits per heavy atom. The molecule has 8 nitrogen and oxygen atoms in total. The molecule has 0 spiro atoms. The van der Waals surface area contributed by atoms with Gasteiger partial charge in [0.15, 0.2) is 11.5 Å². The first-order valence-corrected chi connectivity index (χ1v) is 8.77. The van der Waals surface area contributed by atoms with Gasteiger partial charge < -0.3 is 10.2 Å². The minimum Gasteiger partial charge on any atom is -0.394 e. The largest absolute Gasteiger partial charge is 0.405 e. The molecule has 0 aliphatic carbocycles. The second-order valence-corrected chi connectivity index (χ2v) is 6.83. The first-order chi connectivity index (χ1) is 10.2. The number of alkyl halides is 6. The Morgan fingerprint density at radius 1 is 0.833 bits per heavy atom. The number of hydrogen-bond acceptors (Lipinski definition) is 6. The standard InChI is InChI=1S/C4H10O2.2C2H3F3O3S/c1-2-4(6)3-5;2*3-2(4,5)1-9(6,7)8/h4-6H,2-3H2,1H3;2*1H2,(H,6,7,8). The van der Waals surface area contributed by atoms with Gasteiger partial charge >= 0.3 is 12.4 Å². The van der Waals surface area contributed by atoms with E-state index in [9.17, 15) is 43.2 Å². The predicted molar refractivity (Wildman–Crippen MR) is 68.3 cm³/mol. The van der Waals surface area contributed by atoms with Gasteiger partial charge in [-0.3, -0.25) is 9.11 Å². The van der Waals surface area contributed by atoms with E-state index in [1.54, 1.807) is 0 Å². The van der Waals surface area contributed by atoms with E-state index in [0.717, 1.165) is 0 Å². The normalized spacial score (nSPS) is 14.0. The highest BCUT2D eigenvalue weighted by atomic mass is 32.2. The molecular formula is C8H16F6O8S2. The minimum absolute atomic E-state index is 0.115. The van der Waals surface area contributed by atoms with Crippen molar-refractivity contribution in [2.75, 3.05) is 18.1 Å². The number of hydrogen-bond donors (Lipinski definition) is 4. The highest BCUT2D eigenvalue weighted by Gasteiger charge is 2.34. The molecule has 1 atom stereocenters. The molecule has 0 amide bonds. The van der Waals surface area contributed by atoms with Crippen molar-refractivity contribution in [2.24, 2.45) is 0 Å². The Balaban J connectivity index is -0.000000282. The molecule has 0 aliphatic heterocycles. The molecule has 0 rings (SSSR count). The fourth-order valence-corrected chi connectivity index (χ4v) is 1.37. The van der Waals surface area contributed by atoms with Gasteiger partial charge in [0.1, 0.15) is 0 Å². The summed E-state index contributed by atoms with van der Waals surface area (Å²) in [6.07, 6.45) is -9.58. The maximum absolute atomic E-state index is 11.0. The van der Waals surface area contributed by atoms with Crippen LogP contribution < -0.4 is 0 Å². The van der Waals surface area contributed by atoms with Crippen molar-refractivity contribution in [3.05, 3.63) is 0 Å². The molecule has 0 aromatic heterocycles. The lowest BCUT2D eigenvalue weighted by molar-refractivity contribution is -0.108. The Morgan fingerprint density at radius 3 is 1.08 bits per heavy atom. The van der Waals surface area contributed by atoms with Gasteiger partial charge in [-0.15, -0.1) is 0 Å². The smallest absolute Gasteiger partial charge is 0.394 e. The number of halogens is 6. The molecule has 0 aliphatic rings. The molecule has 0 saturated heterocycles. The van der Waals surface area contributed by atoms with Crippen molar-refractivity contribution >= 4 is 20.2 Å². The van der Waals surface area contributed by atoms with E-state index in [2.05, 4.69) is 0 Å². The summed E-state index contributed by atoms with van der Waals surface area (Å²) in [5.41, 5.74) is 0. The highest BCUT2D eigenvalue weighted by Crippen LogP contribution is 2.16. The Kier molecular flexibility index (Phi) is 12.9. The molecule has 4 N–H and O–H groups in total. The van der Waals surface area contributed by atoms with Crippen LogP contribution in [0.3, 0.4) is 0 Å². The maximum Gasteiger partial charge on any atom is 0.405 e. The van der Waals surface area contributed by atoms with E-state index >= 15 is 0 Å². The zero-order chi connectivity index (χ0) is 20.4. The second-order valence-electron chi connectivity index (χ2n) is 3.93. The number of rotatable bonds is 4. The molecule has 0 heterocycles. The fraction of sp³-hybridized carbons (Fsp3) is 1.00. The molecule has 0 fully saturated rings. The van der Waals surface area contributed by atoms with Crippen molar-refractivity contribution < 1.29 is 62.5 Å². The summed E-state index contributed by atoms with van der Waals surface area (Å²) in [6, 6.07) is 0. The third kappa shape index (κ3) is 37.5. The summed E-state index contributed by atoms with van der Waals surface area (Å²) >= 11 is 0. The lowest BCUT2D eigenvalue weighted by Gasteiger charge is -2.00. The minimum atomic E-state index is -4.91. The summed E-state index contributed by atoms with van der Waals surface area (Å²) in [6.45, 7) is 1.71. The Hall–Kier alpha value is -0.680. The number of aliphatic hydroxyl groups is 2. The zero-order valence-electron chi connectivity index (χ0n) is 11.9. The molecule has 0 aromatic carbocycles. The predicted octanol–water partition coefficient (Wildman–Crippen LogP) is 0.623. The fourth-order valence-electron chi connectivity index (χ4n) is 0.543. The van der Waals surface area contributed by atoms with E-state index in [0.29, 0.717) is 6.42 Å². The van der Waals surface area contributed by atoms with E-state index in [1.165, 1.54) is 0 Å². The third-order valence-corrected chi connectivity index (χ3v) is 2.76. The zero-order valence-corrected chi connectivity index (χ0v) is 13.5. The monoisotopic (exact) mass is 418 g/mol. The lowest BCUT2D eigenvalue weighted by atomic mass is 10.3. The first kappa shape index (κ1) is 28.1. The van der Waals surface area contributed by atoms with Gasteiger partial charge in [-0.2, -0.15) is 43.2 Å². The maximum atomic E-state index is 11.0. The number of aliphatic hydroxyl groups excluding tert-OH is 2. The van der Waals surface area contributed by atoms with Crippen LogP contribution in [-0.4, -0.2) is 72.7 Å². The summed E-state index contributed by atoms with van der Waals surface area (Å²) < 4.78 is 119. The first-order valence-electron chi connectivity index (χ1n) is 5.55. The summed E-state index contributed by atoms with van der Waals surface area (Å²) in [7, 11) is -9.81. The Labute approximate surface area is 133 Å². The quantitative estimate of drug-likeness (QED) is 0.384. The van der Waals surface area contributed by atoms with Crippen LogP contribution in [0, 0.1) is 0 Å². The van der Waals surface area contributed by atoms with Crippen LogP contribution >= 0.6 is 0 Å². The van der Waals surface area contributed by atoms with Crippen LogP contribution in [0.4, 0.5) is 26.3 Å². The molecule has 1 unspecified atom stereocenters. The average Bonchev–Trinajstić information content (AvgIpc) is 2.19. The molecule has 150 valence electrons. The highest BCUT2D eigenvalue weighted by molar-refractivity contribution is 7.86. The summed E-state index contributed by atoms with van der Waals surface area (Å²) in [5.74, 6) is -4.36. The molecule has 0 saturated carbocycles. The second kappa shape index (κ2) is 11.0. The topological polar surface area (TPSA) is 149 Å². The van der Waals surface area contributed by atoms with E-state index < -0.39 is 50.2 Å². The van der Waals surface area contributed by atoms with Crippen LogP contribution in [0.25, 0.3) is 0 Å². The Bertz CT molecular complexity index is 476. The molecular weight excluding hydrogens is 402 g/mol. The van der Waals surface area contributed by atoms with Gasteiger partial charge in [0.2, 0.25) is 0 Å². The van der Waals surface area contributed by atoms with Gasteiger partial charge in [-0.05, 0) is 6.42 Å². The van der Waals surface area contributed by atoms with Gasteiger partial charge in [0.05, 0.1) is 12.7 Å². The molecule has 0 aromatic rings. The van der Waals surface area contributed by atoms with Crippen molar-refractivity contribution in [3.63, 3.8) is 0 Å². The average molecular weight is 418 g/mol. The summed E-state index contributed by atoms with van der Waals surface area (Å²) in [4.78, 5) is 0. The van der Waals surface area contributed by atoms with Gasteiger partial charge in [0.25, 0.3) is 20.2 Å². The van der Waals surface area contributed by atoms with E-state index in [1.807, 2.05) is 6.92 Å². The lowest BCUT2D eigenvalue weighted by Crippen LogP contribution is -2.21. The third-order valence-electron chi connectivity index (χ3n) is 1.37. The van der Waals surface area contributed by atoms with Crippen LogP contribution in [0.1, 0.15) is 13.3 Å². The van der Waals surface area contributed by atoms with Gasteiger partial charge in [-0.25, -0.2) is 0 Å². The van der Waals surface area contributed by atoms with Gasteiger partial charge in [0, 0.05) is 0 Å². The summed E-state index contributed by atoms with van der Waals surface area (Å²) in [5, 5.41) is 16.5. The molecule has 0 radical (unpaired) electrons. The molecule has 16 heteroatoms. The van der Waals surface area contributed by atoms with E-state index in [4.69, 9.17) is 19.3 Å². The SMILES string of the molecule is CCC(O)CO.O=S(=O)(O)CC(F)(F)F.O=S(=O)(O)CC(F)(F)F. The molecule has 24 heavy (non-hydrogen) atoms. The van der Waals surface area contributed by atoms with Crippen LogP contribution in [0.5, 0.6) is 0 Å².